The lowest BCUT2D eigenvalue weighted by Crippen LogP contribution is -2.17. The van der Waals surface area contributed by atoms with Crippen molar-refractivity contribution in [2.24, 2.45) is 5.16 Å². The maximum absolute atomic E-state index is 12.1. The summed E-state index contributed by atoms with van der Waals surface area (Å²) in [5.74, 6) is -0.262. The van der Waals surface area contributed by atoms with Crippen LogP contribution < -0.4 is 9.47 Å². The number of nitrogens with zero attached hydrogens (tertiary/aromatic N) is 1. The molecule has 0 saturated carbocycles. The van der Waals surface area contributed by atoms with Gasteiger partial charge in [-0.3, -0.25) is 9.59 Å². The zero-order chi connectivity index (χ0) is 14.9. The normalized spacial score (nSPS) is 14.2. The van der Waals surface area contributed by atoms with Crippen molar-refractivity contribution in [2.45, 2.75) is 6.92 Å². The van der Waals surface area contributed by atoms with Crippen molar-refractivity contribution in [3.63, 3.8) is 0 Å². The predicted molar refractivity (Wildman–Crippen MR) is 71.3 cm³/mol. The maximum Gasteiger partial charge on any atom is 0.190 e. The van der Waals surface area contributed by atoms with Gasteiger partial charge >= 0.3 is 0 Å². The van der Waals surface area contributed by atoms with Crippen LogP contribution in [0.1, 0.15) is 33.2 Å². The zero-order valence-electron chi connectivity index (χ0n) is 11.3. The first-order valence-electron chi connectivity index (χ1n) is 5.79. The number of benzene rings is 1. The van der Waals surface area contributed by atoms with E-state index in [1.807, 2.05) is 0 Å². The smallest absolute Gasteiger partial charge is 0.190 e. The van der Waals surface area contributed by atoms with Crippen molar-refractivity contribution < 1.29 is 24.3 Å². The third-order valence-corrected chi connectivity index (χ3v) is 3.09. The molecule has 1 aliphatic carbocycles. The van der Waals surface area contributed by atoms with Gasteiger partial charge in [-0.2, -0.15) is 0 Å². The maximum atomic E-state index is 12.1. The third-order valence-electron chi connectivity index (χ3n) is 3.09. The molecule has 104 valence electrons. The summed E-state index contributed by atoms with van der Waals surface area (Å²) in [6.07, 6.45) is 2.38. The molecule has 0 amide bonds. The number of ether oxygens (including phenoxy) is 2. The summed E-state index contributed by atoms with van der Waals surface area (Å²) in [5, 5.41) is 12.0. The molecule has 0 unspecified atom stereocenters. The van der Waals surface area contributed by atoms with Crippen molar-refractivity contribution in [1.82, 2.24) is 0 Å². The van der Waals surface area contributed by atoms with E-state index in [0.717, 1.165) is 0 Å². The van der Waals surface area contributed by atoms with Crippen molar-refractivity contribution in [2.75, 3.05) is 14.2 Å². The van der Waals surface area contributed by atoms with Crippen LogP contribution in [-0.2, 0) is 0 Å². The van der Waals surface area contributed by atoms with Gasteiger partial charge in [-0.25, -0.2) is 0 Å². The molecule has 0 radical (unpaired) electrons. The number of oxime groups is 1. The average Bonchev–Trinajstić information content (AvgIpc) is 2.48. The molecule has 0 spiro atoms. The number of hydrogen-bond donors (Lipinski definition) is 1. The van der Waals surface area contributed by atoms with Crippen LogP contribution in [0.5, 0.6) is 11.5 Å². The van der Waals surface area contributed by atoms with Gasteiger partial charge in [-0.1, -0.05) is 5.16 Å². The van der Waals surface area contributed by atoms with E-state index in [-0.39, 0.29) is 39.9 Å². The van der Waals surface area contributed by atoms with Gasteiger partial charge in [0.25, 0.3) is 0 Å². The Morgan fingerprint density at radius 3 is 2.20 bits per heavy atom. The lowest BCUT2D eigenvalue weighted by atomic mass is 9.89. The number of ketones is 2. The minimum Gasteiger partial charge on any atom is -0.496 e. The van der Waals surface area contributed by atoms with E-state index in [2.05, 4.69) is 5.16 Å². The molecule has 0 aromatic heterocycles. The van der Waals surface area contributed by atoms with Gasteiger partial charge in [-0.15, -0.1) is 0 Å². The number of hydrogen-bond acceptors (Lipinski definition) is 6. The molecule has 1 aliphatic rings. The molecule has 1 aromatic carbocycles. The summed E-state index contributed by atoms with van der Waals surface area (Å²) in [6, 6.07) is 1.51. The van der Waals surface area contributed by atoms with Crippen LogP contribution in [0.25, 0.3) is 0 Å². The first-order valence-corrected chi connectivity index (χ1v) is 5.79. The van der Waals surface area contributed by atoms with E-state index in [0.29, 0.717) is 5.56 Å². The standard InChI is InChI=1S/C14H13NO5/c1-7(15-18)8-6-11(19-2)12-9(16)4-5-10(17)13(12)14(8)20-3/h4-6,18H,1-3H3/b15-7+. The van der Waals surface area contributed by atoms with Crippen LogP contribution in [0.15, 0.2) is 23.4 Å². The highest BCUT2D eigenvalue weighted by atomic mass is 16.5. The minimum atomic E-state index is -0.359. The van der Waals surface area contributed by atoms with E-state index in [4.69, 9.17) is 14.7 Å². The molecule has 0 aliphatic heterocycles. The Hall–Kier alpha value is -2.63. The Bertz CT molecular complexity index is 658. The SMILES string of the molecule is COc1cc(/C(C)=N/O)c(OC)c2c1C(=O)C=CC2=O. The highest BCUT2D eigenvalue weighted by Gasteiger charge is 2.30. The van der Waals surface area contributed by atoms with Crippen molar-refractivity contribution in [1.29, 1.82) is 0 Å². The quantitative estimate of drug-likeness (QED) is 0.517. The summed E-state index contributed by atoms with van der Waals surface area (Å²) in [5.41, 5.74) is 0.920. The molecule has 0 fully saturated rings. The molecule has 0 saturated heterocycles. The van der Waals surface area contributed by atoms with Crippen molar-refractivity contribution in [3.05, 3.63) is 34.9 Å². The summed E-state index contributed by atoms with van der Waals surface area (Å²) in [4.78, 5) is 24.0. The Balaban J connectivity index is 2.89. The topological polar surface area (TPSA) is 85.2 Å². The van der Waals surface area contributed by atoms with Crippen LogP contribution in [-0.4, -0.2) is 36.7 Å². The second-order valence-electron chi connectivity index (χ2n) is 4.16. The number of rotatable bonds is 3. The van der Waals surface area contributed by atoms with E-state index in [9.17, 15) is 9.59 Å². The molecule has 6 nitrogen and oxygen atoms in total. The van der Waals surface area contributed by atoms with E-state index in [1.54, 1.807) is 6.92 Å². The lowest BCUT2D eigenvalue weighted by molar-refractivity contribution is 0.0989. The van der Waals surface area contributed by atoms with Crippen LogP contribution in [0.4, 0.5) is 0 Å². The fourth-order valence-electron chi connectivity index (χ4n) is 2.13. The first-order chi connectivity index (χ1) is 9.54. The fraction of sp³-hybridized carbons (Fsp3) is 0.214. The summed E-state index contributed by atoms with van der Waals surface area (Å²) in [6.45, 7) is 1.55. The van der Waals surface area contributed by atoms with Crippen molar-refractivity contribution >= 4 is 17.3 Å². The van der Waals surface area contributed by atoms with Gasteiger partial charge in [0.05, 0.1) is 31.1 Å². The Morgan fingerprint density at radius 1 is 1.10 bits per heavy atom. The number of allylic oxidation sites excluding steroid dienone is 2. The van der Waals surface area contributed by atoms with E-state index >= 15 is 0 Å². The van der Waals surface area contributed by atoms with E-state index in [1.165, 1.54) is 32.4 Å². The fourth-order valence-corrected chi connectivity index (χ4v) is 2.13. The second-order valence-corrected chi connectivity index (χ2v) is 4.16. The summed E-state index contributed by atoms with van der Waals surface area (Å²) < 4.78 is 10.4. The Morgan fingerprint density at radius 2 is 1.70 bits per heavy atom. The monoisotopic (exact) mass is 275 g/mol. The number of carbonyl (C=O) groups is 2. The Kier molecular flexibility index (Phi) is 3.56. The highest BCUT2D eigenvalue weighted by molar-refractivity contribution is 6.25. The minimum absolute atomic E-state index is 0.123. The number of methoxy groups -OCH3 is 2. The molecular weight excluding hydrogens is 262 g/mol. The van der Waals surface area contributed by atoms with Crippen LogP contribution in [0.2, 0.25) is 0 Å². The zero-order valence-corrected chi connectivity index (χ0v) is 11.3. The second kappa shape index (κ2) is 5.16. The van der Waals surface area contributed by atoms with Gasteiger partial charge in [-0.05, 0) is 25.1 Å². The van der Waals surface area contributed by atoms with E-state index < -0.39 is 0 Å². The molecule has 20 heavy (non-hydrogen) atoms. The van der Waals surface area contributed by atoms with Gasteiger partial charge in [0.1, 0.15) is 11.5 Å². The Labute approximate surface area is 115 Å². The molecule has 2 rings (SSSR count). The average molecular weight is 275 g/mol. The van der Waals surface area contributed by atoms with Crippen LogP contribution in [0.3, 0.4) is 0 Å². The largest absolute Gasteiger partial charge is 0.496 e. The van der Waals surface area contributed by atoms with Gasteiger partial charge in [0.2, 0.25) is 0 Å². The highest BCUT2D eigenvalue weighted by Crippen LogP contribution is 2.37. The summed E-state index contributed by atoms with van der Waals surface area (Å²) in [7, 11) is 2.78. The van der Waals surface area contributed by atoms with Gasteiger partial charge < -0.3 is 14.7 Å². The molecule has 0 bridgehead atoms. The number of fused-ring (bicyclic) bond motifs is 1. The van der Waals surface area contributed by atoms with Crippen LogP contribution >= 0.6 is 0 Å². The molecular formula is C14H13NO5. The lowest BCUT2D eigenvalue weighted by Gasteiger charge is -2.19. The summed E-state index contributed by atoms with van der Waals surface area (Å²) >= 11 is 0. The van der Waals surface area contributed by atoms with Gasteiger partial charge in [0, 0.05) is 5.56 Å². The predicted octanol–water partition coefficient (Wildman–Crippen LogP) is 1.84. The van der Waals surface area contributed by atoms with Crippen LogP contribution in [0, 0.1) is 0 Å². The first kappa shape index (κ1) is 13.8. The number of carbonyl (C=O) groups excluding carboxylic acids is 2. The third kappa shape index (κ3) is 1.95. The molecule has 6 heteroatoms. The van der Waals surface area contributed by atoms with Gasteiger partial charge in [0.15, 0.2) is 11.6 Å². The molecule has 0 atom stereocenters. The molecule has 0 heterocycles. The van der Waals surface area contributed by atoms with Crippen molar-refractivity contribution in [3.8, 4) is 11.5 Å². The molecule has 1 aromatic rings. The molecule has 1 N–H and O–H groups in total.